The molecule has 6 aromatic rings. The first-order chi connectivity index (χ1) is 42.5. The number of nitrogens with two attached hydrogens (primary N) is 6. The fraction of sp³-hybridized carbons (Fsp3) is 0.515. The summed E-state index contributed by atoms with van der Waals surface area (Å²) < 4.78 is 44.9. The van der Waals surface area contributed by atoms with E-state index in [1.54, 1.807) is 18.4 Å². The highest BCUT2D eigenvalue weighted by Crippen LogP contribution is 2.42. The zero-order valence-electron chi connectivity index (χ0n) is 52.0. The van der Waals surface area contributed by atoms with Gasteiger partial charge in [0.15, 0.2) is 0 Å². The summed E-state index contributed by atoms with van der Waals surface area (Å²) in [6.07, 6.45) is 14.8. The van der Waals surface area contributed by atoms with Gasteiger partial charge < -0.3 is 72.1 Å². The van der Waals surface area contributed by atoms with E-state index in [1.165, 1.54) is 0 Å². The molecule has 0 saturated carbocycles. The van der Waals surface area contributed by atoms with Crippen molar-refractivity contribution in [1.82, 2.24) is 29.9 Å². The molecule has 7 aliphatic rings. The van der Waals surface area contributed by atoms with Gasteiger partial charge >= 0.3 is 7.12 Å². The van der Waals surface area contributed by atoms with Crippen molar-refractivity contribution in [2.75, 3.05) is 107 Å². The third-order valence-corrected chi connectivity index (χ3v) is 16.9. The molecule has 2 unspecified atom stereocenters. The summed E-state index contributed by atoms with van der Waals surface area (Å²) in [5.41, 5.74) is 39.5. The highest BCUT2D eigenvalue weighted by molar-refractivity contribution is 14.1. The molecular formula is C66H94BIN12O8. The van der Waals surface area contributed by atoms with Crippen LogP contribution in [0.15, 0.2) is 115 Å². The van der Waals surface area contributed by atoms with Gasteiger partial charge in [0.05, 0.1) is 36.4 Å². The molecular weight excluding hydrogens is 1230 g/mol. The number of pyridine rings is 6. The molecule has 0 aromatic carbocycles. The molecule has 0 aliphatic carbocycles. The van der Waals surface area contributed by atoms with Gasteiger partial charge in [0.1, 0.15) is 38.6 Å². The van der Waals surface area contributed by atoms with Crippen LogP contribution in [0.1, 0.15) is 157 Å². The number of halogens is 1. The highest BCUT2D eigenvalue weighted by Gasteiger charge is 2.53. The normalized spacial score (nSPS) is 20.8. The van der Waals surface area contributed by atoms with Crippen LogP contribution in [0, 0.1) is 3.70 Å². The number of allylic oxidation sites excluding steroid dienone is 1. The third kappa shape index (κ3) is 23.6. The Bertz CT molecular complexity index is 2740. The van der Waals surface area contributed by atoms with Crippen LogP contribution < -0.4 is 34.4 Å². The lowest BCUT2D eigenvalue weighted by molar-refractivity contribution is 0.00578. The van der Waals surface area contributed by atoms with Gasteiger partial charge in [-0.15, -0.1) is 0 Å². The smallest absolute Gasteiger partial charge is 0.463 e. The number of ether oxygens (including phenoxy) is 6. The quantitative estimate of drug-likeness (QED) is 0.0513. The van der Waals surface area contributed by atoms with Crippen molar-refractivity contribution in [1.29, 1.82) is 0 Å². The Morgan fingerprint density at radius 3 is 1.12 bits per heavy atom. The van der Waals surface area contributed by atoms with Crippen LogP contribution in [0.5, 0.6) is 0 Å². The minimum absolute atomic E-state index is 0.0877. The Kier molecular flexibility index (Phi) is 28.7. The zero-order chi connectivity index (χ0) is 62.6. The molecule has 0 radical (unpaired) electrons. The molecule has 7 aliphatic heterocycles. The molecule has 6 saturated heterocycles. The number of nitrogens with zero attached hydrogens (tertiary/aromatic N) is 6. The number of anilines is 6. The maximum absolute atomic E-state index is 6.00. The molecule has 476 valence electrons. The lowest BCUT2D eigenvalue weighted by Crippen LogP contribution is -2.41. The Labute approximate surface area is 535 Å². The van der Waals surface area contributed by atoms with Gasteiger partial charge in [-0.25, -0.2) is 29.9 Å². The molecule has 13 heterocycles. The Balaban J connectivity index is 0.000000147. The van der Waals surface area contributed by atoms with E-state index in [0.29, 0.717) is 64.4 Å². The Hall–Kier alpha value is -6.25. The van der Waals surface area contributed by atoms with Gasteiger partial charge in [-0.2, -0.15) is 0 Å². The average Bonchev–Trinajstić information content (AvgIpc) is 3.57. The molecule has 0 spiro atoms. The number of hydrogen-bond donors (Lipinski definition) is 6. The maximum Gasteiger partial charge on any atom is 0.463 e. The number of rotatable bonds is 6. The van der Waals surface area contributed by atoms with E-state index in [4.69, 9.17) is 72.1 Å². The van der Waals surface area contributed by atoms with E-state index >= 15 is 0 Å². The molecule has 13 rings (SSSR count). The number of aromatic nitrogens is 6. The van der Waals surface area contributed by atoms with Crippen molar-refractivity contribution in [3.8, 4) is 0 Å². The van der Waals surface area contributed by atoms with Crippen molar-refractivity contribution >= 4 is 70.2 Å². The van der Waals surface area contributed by atoms with E-state index < -0.39 is 0 Å². The molecule has 2 atom stereocenters. The van der Waals surface area contributed by atoms with Crippen LogP contribution >= 0.6 is 22.6 Å². The van der Waals surface area contributed by atoms with Crippen LogP contribution in [0.4, 0.5) is 34.9 Å². The van der Waals surface area contributed by atoms with Crippen LogP contribution in [0.2, 0.25) is 5.82 Å². The van der Waals surface area contributed by atoms with E-state index in [9.17, 15) is 0 Å². The monoisotopic (exact) mass is 1320 g/mol. The first-order valence-corrected chi connectivity index (χ1v) is 32.2. The molecule has 88 heavy (non-hydrogen) atoms. The number of hydrogen-bond acceptors (Lipinski definition) is 20. The van der Waals surface area contributed by atoms with E-state index in [-0.39, 0.29) is 18.3 Å². The van der Waals surface area contributed by atoms with Crippen LogP contribution in [0.3, 0.4) is 0 Å². The Morgan fingerprint density at radius 1 is 0.398 bits per heavy atom. The fourth-order valence-corrected chi connectivity index (χ4v) is 11.1. The van der Waals surface area contributed by atoms with Crippen molar-refractivity contribution < 1.29 is 37.7 Å². The van der Waals surface area contributed by atoms with Gasteiger partial charge in [-0.05, 0) is 200 Å². The summed E-state index contributed by atoms with van der Waals surface area (Å²) in [5.74, 6) is 6.05. The van der Waals surface area contributed by atoms with Crippen LogP contribution in [0.25, 0.3) is 5.57 Å². The largest absolute Gasteiger partial charge is 0.501 e. The molecule has 0 bridgehead atoms. The van der Waals surface area contributed by atoms with Gasteiger partial charge in [0.2, 0.25) is 0 Å². The van der Waals surface area contributed by atoms with E-state index in [1.807, 2.05) is 97.1 Å². The molecule has 6 aromatic heterocycles. The van der Waals surface area contributed by atoms with Gasteiger partial charge in [-0.1, -0.05) is 36.4 Å². The summed E-state index contributed by atoms with van der Waals surface area (Å²) in [6.45, 7) is 17.6. The third-order valence-electron chi connectivity index (χ3n) is 16.3. The molecule has 6 fully saturated rings. The van der Waals surface area contributed by atoms with E-state index in [2.05, 4.69) is 80.2 Å². The van der Waals surface area contributed by atoms with Gasteiger partial charge in [-0.3, -0.25) is 0 Å². The Morgan fingerprint density at radius 2 is 0.784 bits per heavy atom. The van der Waals surface area contributed by atoms with Gasteiger partial charge in [0.25, 0.3) is 0 Å². The summed E-state index contributed by atoms with van der Waals surface area (Å²) in [4.78, 5) is 25.4. The van der Waals surface area contributed by atoms with Crippen molar-refractivity contribution in [2.45, 2.75) is 145 Å². The molecule has 0 amide bonds. The average molecular weight is 1320 g/mol. The second-order valence-corrected chi connectivity index (χ2v) is 24.7. The second-order valence-electron chi connectivity index (χ2n) is 23.6. The summed E-state index contributed by atoms with van der Waals surface area (Å²) >= 11 is 2.11. The minimum Gasteiger partial charge on any atom is -0.501 e. The molecule has 22 heteroatoms. The topological polar surface area (TPSA) is 307 Å². The first-order valence-electron chi connectivity index (χ1n) is 31.1. The predicted molar refractivity (Wildman–Crippen MR) is 359 cm³/mol. The predicted octanol–water partition coefficient (Wildman–Crippen LogP) is 11.6. The SMILES string of the molecule is CC1(C)OB(C2CCCOC2)OC1(C)C.Nc1cccc(C2=COCCC2)n1.Nc1cccc(C2CCCOC2)n1.Nc1cccc(C2CCOCC2)n1.Nc1cccc(C2CCOCC2)n1.Nc1cccc(C2CCOCC2)n1.Nc1cccc(I)n1. The van der Waals surface area contributed by atoms with Gasteiger partial charge in [0, 0.05) is 117 Å². The first kappa shape index (κ1) is 69.2. The minimum atomic E-state index is -0.213. The summed E-state index contributed by atoms with van der Waals surface area (Å²) in [5, 5.41) is 0. The summed E-state index contributed by atoms with van der Waals surface area (Å²) in [6, 6.07) is 34.5. The summed E-state index contributed by atoms with van der Waals surface area (Å²) in [7, 11) is -0.0877. The lowest BCUT2D eigenvalue weighted by Gasteiger charge is -2.32. The maximum atomic E-state index is 6.00. The molecule has 12 N–H and O–H groups in total. The number of nitrogen functional groups attached to an aromatic ring is 6. The second kappa shape index (κ2) is 36.4. The lowest BCUT2D eigenvalue weighted by atomic mass is 9.69. The van der Waals surface area contributed by atoms with Crippen molar-refractivity contribution in [3.05, 3.63) is 148 Å². The standard InChI is InChI=1S/C11H21BO3.C10H14N2O.C10H12N2O.3C10H14N2O.C5H5IN2/c1-10(2)11(3,4)15-12(14-10)9-6-5-7-13-8-9;2*11-10-5-1-4-9(12-10)8-3-2-6-13-7-8;3*11-10-3-1-2-9(12-10)8-4-6-13-7-5-8;6-4-2-1-3-5(7)8-4/h9H,5-8H2,1-4H3;1,4-5,8H,2-3,6-7H2,(H2,11,12);1,4-5,7H,2-3,6H2,(H2,11,12);3*1-3,8H,4-7H2,(H2,11,12);1-3H,(H2,7,8). The molecule has 20 nitrogen and oxygen atoms in total. The van der Waals surface area contributed by atoms with Crippen LogP contribution in [-0.4, -0.2) is 121 Å². The van der Waals surface area contributed by atoms with E-state index in [0.717, 1.165) is 187 Å². The fourth-order valence-electron chi connectivity index (χ4n) is 10.6. The van der Waals surface area contributed by atoms with Crippen LogP contribution in [-0.2, 0) is 37.7 Å². The zero-order valence-corrected chi connectivity index (χ0v) is 54.1. The highest BCUT2D eigenvalue weighted by atomic mass is 127. The van der Waals surface area contributed by atoms with Crippen molar-refractivity contribution in [2.24, 2.45) is 0 Å². The van der Waals surface area contributed by atoms with Crippen molar-refractivity contribution in [3.63, 3.8) is 0 Å².